The molecule has 1 aliphatic rings. The molecule has 1 fully saturated rings. The van der Waals surface area contributed by atoms with Gasteiger partial charge in [-0.2, -0.15) is 0 Å². The molecule has 1 N–H and O–H groups in total. The van der Waals surface area contributed by atoms with Crippen LogP contribution in [0.5, 0.6) is 5.75 Å². The summed E-state index contributed by atoms with van der Waals surface area (Å²) in [5.41, 5.74) is -0.556. The summed E-state index contributed by atoms with van der Waals surface area (Å²) in [7, 11) is 0. The molecular formula is C17H25NO3. The summed E-state index contributed by atoms with van der Waals surface area (Å²) in [6, 6.07) is 9.74. The number of carboxylic acids is 1. The molecule has 4 nitrogen and oxygen atoms in total. The van der Waals surface area contributed by atoms with E-state index in [1.807, 2.05) is 30.3 Å². The zero-order valence-electron chi connectivity index (χ0n) is 12.8. The number of carboxylic acid groups (broad SMARTS) is 1. The number of benzene rings is 1. The third-order valence-electron chi connectivity index (χ3n) is 4.26. The van der Waals surface area contributed by atoms with E-state index in [9.17, 15) is 9.90 Å². The summed E-state index contributed by atoms with van der Waals surface area (Å²) < 4.78 is 5.71. The van der Waals surface area contributed by atoms with Crippen LogP contribution in [0, 0.1) is 5.41 Å². The first-order chi connectivity index (χ1) is 10.2. The minimum Gasteiger partial charge on any atom is -0.492 e. The molecule has 0 aromatic heterocycles. The molecule has 21 heavy (non-hydrogen) atoms. The molecule has 4 heteroatoms. The Balaban J connectivity index is 1.84. The molecule has 0 spiro atoms. The van der Waals surface area contributed by atoms with Crippen LogP contribution in [-0.2, 0) is 4.79 Å². The van der Waals surface area contributed by atoms with Gasteiger partial charge >= 0.3 is 5.97 Å². The van der Waals surface area contributed by atoms with Gasteiger partial charge in [0, 0.05) is 13.1 Å². The summed E-state index contributed by atoms with van der Waals surface area (Å²) in [4.78, 5) is 13.9. The number of hydrogen-bond donors (Lipinski definition) is 1. The molecule has 1 atom stereocenters. The summed E-state index contributed by atoms with van der Waals surface area (Å²) in [6.45, 7) is 5.06. The highest BCUT2D eigenvalue weighted by Crippen LogP contribution is 2.34. The Morgan fingerprint density at radius 3 is 2.81 bits per heavy atom. The fourth-order valence-electron chi connectivity index (χ4n) is 3.19. The SMILES string of the molecule is CCCC1(C(=O)O)CCCN(CCOc2ccccc2)C1. The maximum atomic E-state index is 11.6. The Kier molecular flexibility index (Phi) is 5.62. The zero-order chi connectivity index (χ0) is 15.1. The minimum absolute atomic E-state index is 0.556. The third kappa shape index (κ3) is 4.21. The number of rotatable bonds is 7. The van der Waals surface area contributed by atoms with Crippen molar-refractivity contribution in [3.05, 3.63) is 30.3 Å². The number of para-hydroxylation sites is 1. The van der Waals surface area contributed by atoms with Crippen LogP contribution < -0.4 is 4.74 Å². The van der Waals surface area contributed by atoms with Gasteiger partial charge in [-0.3, -0.25) is 9.69 Å². The van der Waals surface area contributed by atoms with E-state index in [0.717, 1.165) is 44.5 Å². The molecular weight excluding hydrogens is 266 g/mol. The van der Waals surface area contributed by atoms with Crippen molar-refractivity contribution < 1.29 is 14.6 Å². The average molecular weight is 291 g/mol. The Labute approximate surface area is 126 Å². The summed E-state index contributed by atoms with van der Waals surface area (Å²) in [5.74, 6) is 0.227. The number of aliphatic carboxylic acids is 1. The van der Waals surface area contributed by atoms with Gasteiger partial charge in [0.05, 0.1) is 5.41 Å². The smallest absolute Gasteiger partial charge is 0.310 e. The van der Waals surface area contributed by atoms with Crippen molar-refractivity contribution >= 4 is 5.97 Å². The molecule has 1 unspecified atom stereocenters. The van der Waals surface area contributed by atoms with Gasteiger partial charge in [0.1, 0.15) is 12.4 Å². The maximum absolute atomic E-state index is 11.6. The summed E-state index contributed by atoms with van der Waals surface area (Å²) in [6.07, 6.45) is 3.43. The standard InChI is InChI=1S/C17H25NO3/c1-2-9-17(16(19)20)10-6-11-18(14-17)12-13-21-15-7-4-3-5-8-15/h3-5,7-8H,2,6,9-14H2,1H3,(H,19,20). The van der Waals surface area contributed by atoms with Crippen LogP contribution in [-0.4, -0.2) is 42.2 Å². The third-order valence-corrected chi connectivity index (χ3v) is 4.26. The number of piperidine rings is 1. The molecule has 0 aliphatic carbocycles. The maximum Gasteiger partial charge on any atom is 0.310 e. The van der Waals surface area contributed by atoms with E-state index >= 15 is 0 Å². The predicted octanol–water partition coefficient (Wildman–Crippen LogP) is 3.03. The van der Waals surface area contributed by atoms with Crippen molar-refractivity contribution in [3.63, 3.8) is 0 Å². The summed E-state index contributed by atoms with van der Waals surface area (Å²) in [5, 5.41) is 9.58. The van der Waals surface area contributed by atoms with Gasteiger partial charge in [-0.1, -0.05) is 31.5 Å². The molecule has 1 heterocycles. The second-order valence-corrected chi connectivity index (χ2v) is 5.88. The van der Waals surface area contributed by atoms with Crippen LogP contribution in [0.4, 0.5) is 0 Å². The average Bonchev–Trinajstić information content (AvgIpc) is 2.49. The molecule has 116 valence electrons. The van der Waals surface area contributed by atoms with E-state index in [-0.39, 0.29) is 0 Å². The first-order valence-corrected chi connectivity index (χ1v) is 7.80. The fourth-order valence-corrected chi connectivity index (χ4v) is 3.19. The largest absolute Gasteiger partial charge is 0.492 e. The van der Waals surface area contributed by atoms with Crippen LogP contribution >= 0.6 is 0 Å². The van der Waals surface area contributed by atoms with Gasteiger partial charge < -0.3 is 9.84 Å². The molecule has 0 saturated carbocycles. The van der Waals surface area contributed by atoms with Gasteiger partial charge in [0.25, 0.3) is 0 Å². The quantitative estimate of drug-likeness (QED) is 0.839. The molecule has 2 rings (SSSR count). The van der Waals surface area contributed by atoms with Gasteiger partial charge in [-0.15, -0.1) is 0 Å². The molecule has 1 aromatic rings. The highest BCUT2D eigenvalue weighted by atomic mass is 16.5. The number of ether oxygens (including phenoxy) is 1. The van der Waals surface area contributed by atoms with Crippen LogP contribution in [0.3, 0.4) is 0 Å². The lowest BCUT2D eigenvalue weighted by Gasteiger charge is -2.39. The Morgan fingerprint density at radius 2 is 2.14 bits per heavy atom. The van der Waals surface area contributed by atoms with E-state index in [4.69, 9.17) is 4.74 Å². The second kappa shape index (κ2) is 7.46. The first-order valence-electron chi connectivity index (χ1n) is 7.80. The molecule has 0 bridgehead atoms. The van der Waals surface area contributed by atoms with E-state index in [1.165, 1.54) is 0 Å². The Hall–Kier alpha value is -1.55. The van der Waals surface area contributed by atoms with E-state index in [2.05, 4.69) is 11.8 Å². The molecule has 0 amide bonds. The van der Waals surface area contributed by atoms with Gasteiger partial charge in [0.2, 0.25) is 0 Å². The fraction of sp³-hybridized carbons (Fsp3) is 0.588. The van der Waals surface area contributed by atoms with E-state index < -0.39 is 11.4 Å². The lowest BCUT2D eigenvalue weighted by atomic mass is 9.76. The van der Waals surface area contributed by atoms with Crippen molar-refractivity contribution in [3.8, 4) is 5.75 Å². The number of nitrogens with zero attached hydrogens (tertiary/aromatic N) is 1. The molecule has 1 saturated heterocycles. The lowest BCUT2D eigenvalue weighted by molar-refractivity contribution is -0.153. The number of hydrogen-bond acceptors (Lipinski definition) is 3. The lowest BCUT2D eigenvalue weighted by Crippen LogP contribution is -2.48. The van der Waals surface area contributed by atoms with Crippen LogP contribution in [0.25, 0.3) is 0 Å². The Morgan fingerprint density at radius 1 is 1.38 bits per heavy atom. The second-order valence-electron chi connectivity index (χ2n) is 5.88. The molecule has 1 aliphatic heterocycles. The first kappa shape index (κ1) is 15.8. The van der Waals surface area contributed by atoms with Crippen molar-refractivity contribution in [1.29, 1.82) is 0 Å². The summed E-state index contributed by atoms with van der Waals surface area (Å²) >= 11 is 0. The molecule has 0 radical (unpaired) electrons. The predicted molar refractivity (Wildman–Crippen MR) is 82.6 cm³/mol. The van der Waals surface area contributed by atoms with Crippen LogP contribution in [0.1, 0.15) is 32.6 Å². The van der Waals surface area contributed by atoms with Crippen molar-refractivity contribution in [2.24, 2.45) is 5.41 Å². The highest BCUT2D eigenvalue weighted by molar-refractivity contribution is 5.75. The molecule has 1 aromatic carbocycles. The monoisotopic (exact) mass is 291 g/mol. The normalized spacial score (nSPS) is 22.9. The van der Waals surface area contributed by atoms with Gasteiger partial charge in [-0.25, -0.2) is 0 Å². The minimum atomic E-state index is -0.641. The van der Waals surface area contributed by atoms with Gasteiger partial charge in [0.15, 0.2) is 0 Å². The number of likely N-dealkylation sites (tertiary alicyclic amines) is 1. The van der Waals surface area contributed by atoms with Gasteiger partial charge in [-0.05, 0) is 37.9 Å². The van der Waals surface area contributed by atoms with E-state index in [1.54, 1.807) is 0 Å². The zero-order valence-corrected chi connectivity index (χ0v) is 12.8. The number of carbonyl (C=O) groups is 1. The van der Waals surface area contributed by atoms with Crippen molar-refractivity contribution in [2.45, 2.75) is 32.6 Å². The topological polar surface area (TPSA) is 49.8 Å². The Bertz CT molecular complexity index is 445. The van der Waals surface area contributed by atoms with Crippen LogP contribution in [0.15, 0.2) is 30.3 Å². The van der Waals surface area contributed by atoms with E-state index in [0.29, 0.717) is 13.2 Å². The van der Waals surface area contributed by atoms with Crippen molar-refractivity contribution in [1.82, 2.24) is 4.90 Å². The van der Waals surface area contributed by atoms with Crippen LogP contribution in [0.2, 0.25) is 0 Å². The highest BCUT2D eigenvalue weighted by Gasteiger charge is 2.41. The van der Waals surface area contributed by atoms with Crippen molar-refractivity contribution in [2.75, 3.05) is 26.2 Å².